The van der Waals surface area contributed by atoms with Crippen molar-refractivity contribution in [3.8, 4) is 0 Å². The fourth-order valence-electron chi connectivity index (χ4n) is 1.97. The predicted molar refractivity (Wildman–Crippen MR) is 50.6 cm³/mol. The van der Waals surface area contributed by atoms with Crippen molar-refractivity contribution in [3.05, 3.63) is 0 Å². The number of halogens is 1. The van der Waals surface area contributed by atoms with Crippen LogP contribution >= 0.6 is 11.6 Å². The molecule has 1 atom stereocenters. The Morgan fingerprint density at radius 3 is 2.75 bits per heavy atom. The van der Waals surface area contributed by atoms with Crippen LogP contribution in [0.1, 0.15) is 38.5 Å². The van der Waals surface area contributed by atoms with E-state index < -0.39 is 0 Å². The van der Waals surface area contributed by atoms with Crippen LogP contribution in [0.3, 0.4) is 0 Å². The molecule has 2 aliphatic rings. The molecule has 2 rings (SSSR count). The monoisotopic (exact) mass is 188 g/mol. The topological polar surface area (TPSA) is 9.23 Å². The van der Waals surface area contributed by atoms with E-state index in [0.29, 0.717) is 11.5 Å². The third-order valence-corrected chi connectivity index (χ3v) is 3.83. The van der Waals surface area contributed by atoms with Crippen molar-refractivity contribution in [1.29, 1.82) is 0 Å². The number of rotatable bonds is 4. The van der Waals surface area contributed by atoms with Gasteiger partial charge in [-0.25, -0.2) is 0 Å². The summed E-state index contributed by atoms with van der Waals surface area (Å²) in [5.74, 6) is 0.861. The van der Waals surface area contributed by atoms with Crippen LogP contribution < -0.4 is 0 Å². The lowest BCUT2D eigenvalue weighted by Crippen LogP contribution is -2.10. The van der Waals surface area contributed by atoms with Crippen LogP contribution in [0.5, 0.6) is 0 Å². The molecule has 1 aliphatic carbocycles. The van der Waals surface area contributed by atoms with E-state index in [1.165, 1.54) is 38.5 Å². The summed E-state index contributed by atoms with van der Waals surface area (Å²) in [7, 11) is 0. The second kappa shape index (κ2) is 3.55. The first-order valence-corrected chi connectivity index (χ1v) is 5.56. The minimum atomic E-state index is 0.535. The van der Waals surface area contributed by atoms with Crippen molar-refractivity contribution in [2.45, 2.75) is 44.6 Å². The van der Waals surface area contributed by atoms with Gasteiger partial charge in [0.25, 0.3) is 0 Å². The highest BCUT2D eigenvalue weighted by Crippen LogP contribution is 2.51. The van der Waals surface area contributed by atoms with Crippen molar-refractivity contribution in [2.75, 3.05) is 12.5 Å². The van der Waals surface area contributed by atoms with Gasteiger partial charge in [0.2, 0.25) is 0 Å². The fourth-order valence-corrected chi connectivity index (χ4v) is 2.37. The van der Waals surface area contributed by atoms with Crippen LogP contribution in [-0.4, -0.2) is 18.6 Å². The Hall–Kier alpha value is 0.250. The molecule has 1 nitrogen and oxygen atoms in total. The number of hydrogen-bond donors (Lipinski definition) is 0. The molecule has 1 saturated heterocycles. The summed E-state index contributed by atoms with van der Waals surface area (Å²) in [6, 6.07) is 0. The van der Waals surface area contributed by atoms with Gasteiger partial charge in [-0.05, 0) is 43.9 Å². The van der Waals surface area contributed by atoms with Crippen molar-refractivity contribution in [1.82, 2.24) is 0 Å². The van der Waals surface area contributed by atoms with Crippen molar-refractivity contribution in [3.63, 3.8) is 0 Å². The third kappa shape index (κ3) is 1.94. The first-order valence-electron chi connectivity index (χ1n) is 5.02. The maximum Gasteiger partial charge on any atom is 0.0576 e. The molecule has 2 heteroatoms. The zero-order valence-corrected chi connectivity index (χ0v) is 8.28. The normalized spacial score (nSPS) is 32.2. The van der Waals surface area contributed by atoms with Crippen LogP contribution in [-0.2, 0) is 4.74 Å². The second-order valence-corrected chi connectivity index (χ2v) is 4.57. The molecule has 0 bridgehead atoms. The SMILES string of the molecule is ClCC1(CCC2CCCO2)CC1. The molecule has 0 radical (unpaired) electrons. The van der Waals surface area contributed by atoms with Gasteiger partial charge in [-0.1, -0.05) is 0 Å². The lowest BCUT2D eigenvalue weighted by molar-refractivity contribution is 0.0978. The summed E-state index contributed by atoms with van der Waals surface area (Å²) in [6.45, 7) is 0.985. The molecule has 12 heavy (non-hydrogen) atoms. The Balaban J connectivity index is 1.67. The van der Waals surface area contributed by atoms with Crippen molar-refractivity contribution >= 4 is 11.6 Å². The highest BCUT2D eigenvalue weighted by molar-refractivity contribution is 6.18. The summed E-state index contributed by atoms with van der Waals surface area (Å²) >= 11 is 5.90. The summed E-state index contributed by atoms with van der Waals surface area (Å²) in [5.41, 5.74) is 0.535. The number of ether oxygens (including phenoxy) is 1. The summed E-state index contributed by atoms with van der Waals surface area (Å²) in [5, 5.41) is 0. The van der Waals surface area contributed by atoms with E-state index in [1.807, 2.05) is 0 Å². The van der Waals surface area contributed by atoms with Gasteiger partial charge >= 0.3 is 0 Å². The minimum Gasteiger partial charge on any atom is -0.378 e. The second-order valence-electron chi connectivity index (χ2n) is 4.31. The van der Waals surface area contributed by atoms with Crippen molar-refractivity contribution in [2.24, 2.45) is 5.41 Å². The molecule has 1 saturated carbocycles. The Morgan fingerprint density at radius 2 is 2.25 bits per heavy atom. The molecule has 0 spiro atoms. The molecule has 1 unspecified atom stereocenters. The molecule has 70 valence electrons. The molecule has 1 aliphatic heterocycles. The van der Waals surface area contributed by atoms with Crippen LogP contribution in [0.15, 0.2) is 0 Å². The molecular weight excluding hydrogens is 172 g/mol. The maximum absolute atomic E-state index is 5.90. The van der Waals surface area contributed by atoms with Crippen LogP contribution in [0.25, 0.3) is 0 Å². The summed E-state index contributed by atoms with van der Waals surface area (Å²) < 4.78 is 5.58. The molecule has 0 aromatic heterocycles. The Labute approximate surface area is 79.4 Å². The van der Waals surface area contributed by atoms with Crippen LogP contribution in [0, 0.1) is 5.41 Å². The van der Waals surface area contributed by atoms with Gasteiger partial charge < -0.3 is 4.74 Å². The minimum absolute atomic E-state index is 0.535. The Bertz CT molecular complexity index is 148. The average molecular weight is 189 g/mol. The lowest BCUT2D eigenvalue weighted by atomic mass is 9.99. The fraction of sp³-hybridized carbons (Fsp3) is 1.00. The van der Waals surface area contributed by atoms with E-state index in [9.17, 15) is 0 Å². The van der Waals surface area contributed by atoms with E-state index in [0.717, 1.165) is 12.5 Å². The van der Waals surface area contributed by atoms with Gasteiger partial charge in [0.1, 0.15) is 0 Å². The van der Waals surface area contributed by atoms with Gasteiger partial charge in [0.15, 0.2) is 0 Å². The first-order chi connectivity index (χ1) is 5.85. The zero-order chi connectivity index (χ0) is 8.44. The van der Waals surface area contributed by atoms with Crippen LogP contribution in [0.2, 0.25) is 0 Å². The van der Waals surface area contributed by atoms with E-state index in [4.69, 9.17) is 16.3 Å². The predicted octanol–water partition coefficient (Wildman–Crippen LogP) is 2.96. The van der Waals surface area contributed by atoms with E-state index in [1.54, 1.807) is 0 Å². The quantitative estimate of drug-likeness (QED) is 0.617. The van der Waals surface area contributed by atoms with Gasteiger partial charge in [-0.3, -0.25) is 0 Å². The van der Waals surface area contributed by atoms with Gasteiger partial charge in [0, 0.05) is 12.5 Å². The molecule has 0 aromatic rings. The lowest BCUT2D eigenvalue weighted by Gasteiger charge is -2.14. The summed E-state index contributed by atoms with van der Waals surface area (Å²) in [4.78, 5) is 0. The standard InChI is InChI=1S/C10H17ClO/c11-8-10(5-6-10)4-3-9-2-1-7-12-9/h9H,1-8H2. The van der Waals surface area contributed by atoms with E-state index in [2.05, 4.69) is 0 Å². The summed E-state index contributed by atoms with van der Waals surface area (Å²) in [6.07, 6.45) is 8.34. The molecular formula is C10H17ClO. The van der Waals surface area contributed by atoms with E-state index >= 15 is 0 Å². The molecule has 1 heterocycles. The highest BCUT2D eigenvalue weighted by Gasteiger charge is 2.41. The number of hydrogen-bond acceptors (Lipinski definition) is 1. The van der Waals surface area contributed by atoms with Gasteiger partial charge in [-0.15, -0.1) is 11.6 Å². The molecule has 0 amide bonds. The molecule has 0 N–H and O–H groups in total. The van der Waals surface area contributed by atoms with Gasteiger partial charge in [-0.2, -0.15) is 0 Å². The number of alkyl halides is 1. The van der Waals surface area contributed by atoms with Crippen LogP contribution in [0.4, 0.5) is 0 Å². The maximum atomic E-state index is 5.90. The Kier molecular flexibility index (Phi) is 2.61. The average Bonchev–Trinajstić information content (AvgIpc) is 2.70. The first kappa shape index (κ1) is 8.83. The highest BCUT2D eigenvalue weighted by atomic mass is 35.5. The largest absolute Gasteiger partial charge is 0.378 e. The smallest absolute Gasteiger partial charge is 0.0576 e. The zero-order valence-electron chi connectivity index (χ0n) is 7.52. The van der Waals surface area contributed by atoms with Crippen molar-refractivity contribution < 1.29 is 4.74 Å². The molecule has 2 fully saturated rings. The van der Waals surface area contributed by atoms with Gasteiger partial charge in [0.05, 0.1) is 6.10 Å². The van der Waals surface area contributed by atoms with E-state index in [-0.39, 0.29) is 0 Å². The third-order valence-electron chi connectivity index (χ3n) is 3.26. The Morgan fingerprint density at radius 1 is 1.42 bits per heavy atom. The molecule has 0 aromatic carbocycles.